The van der Waals surface area contributed by atoms with Crippen LogP contribution >= 0.6 is 0 Å². The Morgan fingerprint density at radius 3 is 0.733 bits per heavy atom. The quantitative estimate of drug-likeness (QED) is 0.0700. The van der Waals surface area contributed by atoms with Crippen molar-refractivity contribution in [2.45, 2.75) is 155 Å². The SMILES string of the molecule is CCCCCCOCN1C(=O)N(COCCCCCC)C2C1N(COCCCCCC)C(=O)N2COCCCCCC.O=C1N(CO)C2C(N1CO)N(CO)C(=O)N2CO. The second kappa shape index (κ2) is 28.4. The Kier molecular flexibility index (Phi) is 24.2. The highest BCUT2D eigenvalue weighted by atomic mass is 16.5. The van der Waals surface area contributed by atoms with Crippen molar-refractivity contribution in [3.05, 3.63) is 0 Å². The van der Waals surface area contributed by atoms with E-state index in [-0.39, 0.29) is 39.0 Å². The van der Waals surface area contributed by atoms with Gasteiger partial charge in [0.2, 0.25) is 0 Å². The van der Waals surface area contributed by atoms with Gasteiger partial charge in [-0.1, -0.05) is 105 Å². The lowest BCUT2D eigenvalue weighted by molar-refractivity contribution is -0.0370. The first-order chi connectivity index (χ1) is 29.2. The normalized spacial score (nSPS) is 21.3. The van der Waals surface area contributed by atoms with Crippen LogP contribution < -0.4 is 0 Å². The number of aliphatic hydroxyl groups excluding tert-OH is 4. The van der Waals surface area contributed by atoms with E-state index in [0.29, 0.717) is 26.4 Å². The molecule has 4 saturated heterocycles. The maximum absolute atomic E-state index is 13.8. The zero-order valence-electron chi connectivity index (χ0n) is 36.7. The number of urea groups is 4. The van der Waals surface area contributed by atoms with Gasteiger partial charge >= 0.3 is 24.1 Å². The molecule has 0 unspecified atom stereocenters. The number of carbonyl (C=O) groups is 4. The Balaban J connectivity index is 0.000000440. The van der Waals surface area contributed by atoms with Crippen LogP contribution in [-0.4, -0.2) is 189 Å². The second-order valence-electron chi connectivity index (χ2n) is 15.5. The molecule has 0 saturated carbocycles. The Morgan fingerprint density at radius 2 is 0.533 bits per heavy atom. The molecule has 20 heteroatoms. The highest BCUT2D eigenvalue weighted by molar-refractivity contribution is 5.85. The van der Waals surface area contributed by atoms with Crippen molar-refractivity contribution in [3.63, 3.8) is 0 Å². The van der Waals surface area contributed by atoms with Crippen LogP contribution in [0.3, 0.4) is 0 Å². The van der Waals surface area contributed by atoms with Gasteiger partial charge in [-0.05, 0) is 25.7 Å². The highest BCUT2D eigenvalue weighted by Gasteiger charge is 2.60. The third-order valence-corrected chi connectivity index (χ3v) is 11.2. The molecule has 4 fully saturated rings. The van der Waals surface area contributed by atoms with Crippen molar-refractivity contribution >= 4 is 24.1 Å². The minimum Gasteiger partial charge on any atom is -0.376 e. The molecule has 0 aromatic carbocycles. The lowest BCUT2D eigenvalue weighted by Gasteiger charge is -2.29. The average Bonchev–Trinajstić information content (AvgIpc) is 3.88. The number of carbonyl (C=O) groups excluding carboxylic acids is 4. The third kappa shape index (κ3) is 13.4. The number of aliphatic hydroxyl groups is 4. The summed E-state index contributed by atoms with van der Waals surface area (Å²) < 4.78 is 24.0. The van der Waals surface area contributed by atoms with Gasteiger partial charge in [-0.15, -0.1) is 0 Å². The van der Waals surface area contributed by atoms with E-state index in [1.165, 1.54) is 25.7 Å². The number of hydrogen-bond donors (Lipinski definition) is 4. The predicted octanol–water partition coefficient (Wildman–Crippen LogP) is 4.24. The molecular weight excluding hydrogens is 784 g/mol. The Morgan fingerprint density at radius 1 is 0.333 bits per heavy atom. The van der Waals surface area contributed by atoms with Crippen molar-refractivity contribution in [2.24, 2.45) is 0 Å². The molecule has 4 N–H and O–H groups in total. The molecule has 4 heterocycles. The molecule has 4 rings (SSSR count). The van der Waals surface area contributed by atoms with E-state index in [1.807, 2.05) is 0 Å². The van der Waals surface area contributed by atoms with Gasteiger partial charge in [0, 0.05) is 26.4 Å². The molecule has 4 aliphatic rings. The van der Waals surface area contributed by atoms with Gasteiger partial charge in [-0.2, -0.15) is 0 Å². The zero-order chi connectivity index (χ0) is 43.9. The topological polar surface area (TPSA) is 212 Å². The summed E-state index contributed by atoms with van der Waals surface area (Å²) in [6, 6.07) is -1.72. The maximum Gasteiger partial charge on any atom is 0.327 e. The summed E-state index contributed by atoms with van der Waals surface area (Å²) in [4.78, 5) is 61.6. The van der Waals surface area contributed by atoms with E-state index in [0.717, 1.165) is 96.6 Å². The van der Waals surface area contributed by atoms with E-state index < -0.39 is 63.6 Å². The fourth-order valence-electron chi connectivity index (χ4n) is 7.80. The van der Waals surface area contributed by atoms with E-state index in [2.05, 4.69) is 27.7 Å². The first-order valence-electron chi connectivity index (χ1n) is 22.3. The Bertz CT molecular complexity index is 1090. The third-order valence-electron chi connectivity index (χ3n) is 11.2. The molecule has 348 valence electrons. The van der Waals surface area contributed by atoms with Gasteiger partial charge < -0.3 is 39.4 Å². The number of rotatable bonds is 32. The summed E-state index contributed by atoms with van der Waals surface area (Å²) in [6.07, 6.45) is 14.6. The standard InChI is InChI=1S/C32H62N4O6.C8H14N4O6/c1-5-9-13-17-21-39-25-33-29-30(35(31(33)37)27-41-23-19-15-11-7-3)36(28-42-24-20-16-12-8-4)32(38)34(29)26-40-22-18-14-10-6-2;13-1-9-5-6(11(3-15)7(9)17)12(4-16)8(18)10(5)2-14/h29-30H,5-28H2,1-4H3;5-6,13-16H,1-4H2. The van der Waals surface area contributed by atoms with Crippen molar-refractivity contribution in [2.75, 3.05) is 80.3 Å². The number of unbranched alkanes of at least 4 members (excludes halogenated alkanes) is 12. The van der Waals surface area contributed by atoms with Crippen molar-refractivity contribution in [3.8, 4) is 0 Å². The smallest absolute Gasteiger partial charge is 0.327 e. The van der Waals surface area contributed by atoms with Gasteiger partial charge in [0.15, 0.2) is 24.7 Å². The predicted molar refractivity (Wildman–Crippen MR) is 220 cm³/mol. The average molecular weight is 861 g/mol. The van der Waals surface area contributed by atoms with Crippen LogP contribution in [0.25, 0.3) is 0 Å². The summed E-state index contributed by atoms with van der Waals surface area (Å²) in [7, 11) is 0. The lowest BCUT2D eigenvalue weighted by Crippen LogP contribution is -2.48. The lowest BCUT2D eigenvalue weighted by atomic mass is 10.2. The minimum absolute atomic E-state index is 0.130. The molecule has 0 radical (unpaired) electrons. The summed E-state index contributed by atoms with van der Waals surface area (Å²) in [5.41, 5.74) is 0. The van der Waals surface area contributed by atoms with Gasteiger partial charge in [0.25, 0.3) is 0 Å². The molecule has 0 bridgehead atoms. The number of hydrogen-bond acceptors (Lipinski definition) is 12. The fourth-order valence-corrected chi connectivity index (χ4v) is 7.80. The van der Waals surface area contributed by atoms with Crippen molar-refractivity contribution in [1.82, 2.24) is 39.2 Å². The van der Waals surface area contributed by atoms with Crippen LogP contribution in [-0.2, 0) is 18.9 Å². The van der Waals surface area contributed by atoms with E-state index in [1.54, 1.807) is 19.6 Å². The molecule has 0 atom stereocenters. The van der Waals surface area contributed by atoms with Crippen LogP contribution in [0.4, 0.5) is 19.2 Å². The Hall–Kier alpha value is -3.24. The number of ether oxygens (including phenoxy) is 4. The molecule has 60 heavy (non-hydrogen) atoms. The van der Waals surface area contributed by atoms with Crippen molar-refractivity contribution < 1.29 is 58.6 Å². The molecule has 8 amide bonds. The molecule has 0 spiro atoms. The van der Waals surface area contributed by atoms with Gasteiger partial charge in [-0.25, -0.2) is 19.2 Å². The van der Waals surface area contributed by atoms with Crippen LogP contribution in [0.1, 0.15) is 130 Å². The summed E-state index contributed by atoms with van der Waals surface area (Å²) in [5.74, 6) is 0. The van der Waals surface area contributed by atoms with E-state index in [4.69, 9.17) is 39.4 Å². The van der Waals surface area contributed by atoms with E-state index in [9.17, 15) is 19.2 Å². The molecule has 0 aromatic heterocycles. The van der Waals surface area contributed by atoms with Crippen molar-refractivity contribution in [1.29, 1.82) is 0 Å². The monoisotopic (exact) mass is 861 g/mol. The van der Waals surface area contributed by atoms with E-state index >= 15 is 0 Å². The zero-order valence-corrected chi connectivity index (χ0v) is 36.7. The second-order valence-corrected chi connectivity index (χ2v) is 15.5. The maximum atomic E-state index is 13.8. The van der Waals surface area contributed by atoms with Gasteiger partial charge in [-0.3, -0.25) is 39.2 Å². The summed E-state index contributed by atoms with van der Waals surface area (Å²) in [6.45, 7) is 8.92. The first kappa shape index (κ1) is 51.1. The highest BCUT2D eigenvalue weighted by Crippen LogP contribution is 2.36. The minimum atomic E-state index is -0.945. The number of fused-ring (bicyclic) bond motifs is 2. The Labute approximate surface area is 356 Å². The first-order valence-corrected chi connectivity index (χ1v) is 22.3. The summed E-state index contributed by atoms with van der Waals surface area (Å²) >= 11 is 0. The molecular formula is C40H76N8O12. The molecule has 20 nitrogen and oxygen atoms in total. The van der Waals surface area contributed by atoms with Crippen LogP contribution in [0.5, 0.6) is 0 Å². The number of nitrogens with zero attached hydrogens (tertiary/aromatic N) is 8. The van der Waals surface area contributed by atoms with Crippen LogP contribution in [0, 0.1) is 0 Å². The van der Waals surface area contributed by atoms with Gasteiger partial charge in [0.1, 0.15) is 53.8 Å². The number of amides is 8. The molecule has 0 aliphatic carbocycles. The largest absolute Gasteiger partial charge is 0.376 e. The van der Waals surface area contributed by atoms with Crippen LogP contribution in [0.15, 0.2) is 0 Å². The molecule has 0 aromatic rings. The molecule has 4 aliphatic heterocycles. The fraction of sp³-hybridized carbons (Fsp3) is 0.900. The van der Waals surface area contributed by atoms with Gasteiger partial charge in [0.05, 0.1) is 0 Å². The summed E-state index contributed by atoms with van der Waals surface area (Å²) in [5, 5.41) is 36.6. The van der Waals surface area contributed by atoms with Crippen LogP contribution in [0.2, 0.25) is 0 Å².